The van der Waals surface area contributed by atoms with Crippen LogP contribution in [0.1, 0.15) is 62.6 Å². The second-order valence-corrected chi connectivity index (χ2v) is 10.2. The number of hydrogen-bond donors (Lipinski definition) is 2. The number of urea groups is 1. The molecule has 0 unspecified atom stereocenters. The van der Waals surface area contributed by atoms with Crippen molar-refractivity contribution in [1.29, 1.82) is 0 Å². The van der Waals surface area contributed by atoms with Crippen molar-refractivity contribution in [3.63, 3.8) is 0 Å². The lowest BCUT2D eigenvalue weighted by Crippen LogP contribution is -2.30. The Morgan fingerprint density at radius 2 is 1.97 bits per heavy atom. The van der Waals surface area contributed by atoms with Gasteiger partial charge in [0.25, 0.3) is 6.43 Å². The number of nitrogens with zero attached hydrogens (tertiary/aromatic N) is 1. The highest BCUT2D eigenvalue weighted by Gasteiger charge is 2.26. The summed E-state index contributed by atoms with van der Waals surface area (Å²) in [5.74, 6) is 0.0709. The maximum absolute atomic E-state index is 13.3. The third kappa shape index (κ3) is 7.13. The molecule has 1 aromatic carbocycles. The van der Waals surface area contributed by atoms with Crippen molar-refractivity contribution >= 4 is 22.0 Å². The van der Waals surface area contributed by atoms with Crippen LogP contribution in [0.5, 0.6) is 5.75 Å². The van der Waals surface area contributed by atoms with Crippen molar-refractivity contribution in [2.24, 2.45) is 5.92 Å². The molecule has 1 saturated heterocycles. The lowest BCUT2D eigenvalue weighted by Gasteiger charge is -2.18. The summed E-state index contributed by atoms with van der Waals surface area (Å²) >= 11 is 0. The van der Waals surface area contributed by atoms with Gasteiger partial charge in [0.2, 0.25) is 15.9 Å². The van der Waals surface area contributed by atoms with Crippen LogP contribution in [0.3, 0.4) is 0 Å². The fraction of sp³-hybridized carbons (Fsp3) is 0.619. The molecule has 3 amide bonds. The molecular formula is C21H29F2N3O5S. The number of rotatable bonds is 13. The van der Waals surface area contributed by atoms with Crippen molar-refractivity contribution in [1.82, 2.24) is 14.9 Å². The highest BCUT2D eigenvalue weighted by molar-refractivity contribution is 7.89. The van der Waals surface area contributed by atoms with E-state index in [9.17, 15) is 26.8 Å². The van der Waals surface area contributed by atoms with E-state index in [-0.39, 0.29) is 29.5 Å². The number of unbranched alkanes of at least 4 members (excludes halogenated alkanes) is 2. The first-order chi connectivity index (χ1) is 15.1. The van der Waals surface area contributed by atoms with Crippen LogP contribution >= 0.6 is 0 Å². The molecule has 11 heteroatoms. The number of ether oxygens (including phenoxy) is 1. The summed E-state index contributed by atoms with van der Waals surface area (Å²) in [6.45, 7) is 2.47. The summed E-state index contributed by atoms with van der Waals surface area (Å²) in [4.78, 5) is 24.0. The summed E-state index contributed by atoms with van der Waals surface area (Å²) in [5, 5.41) is 2.19. The first-order valence-electron chi connectivity index (χ1n) is 10.8. The maximum atomic E-state index is 13.3. The van der Waals surface area contributed by atoms with E-state index in [0.29, 0.717) is 43.9 Å². The standard InChI is InChI=1S/C21H29F2N3O5S/c1-14(16-7-8-17(20(22)23)18(11-16)31-13-15-5-6-15)25-32(29,30)10-4-2-3-9-26-12-19(27)24-21(26)28/h7-8,11,14-15,20,25H,2-6,9-10,12-13H2,1H3,(H,24,27,28)/t14-/m1/s1. The van der Waals surface area contributed by atoms with Crippen molar-refractivity contribution < 1.29 is 31.5 Å². The molecule has 3 rings (SSSR count). The van der Waals surface area contributed by atoms with Crippen molar-refractivity contribution in [3.8, 4) is 5.75 Å². The van der Waals surface area contributed by atoms with Gasteiger partial charge in [-0.2, -0.15) is 0 Å². The molecule has 2 N–H and O–H groups in total. The van der Waals surface area contributed by atoms with Gasteiger partial charge in [-0.25, -0.2) is 26.7 Å². The number of nitrogens with one attached hydrogen (secondary N) is 2. The molecule has 2 fully saturated rings. The van der Waals surface area contributed by atoms with Crippen LogP contribution < -0.4 is 14.8 Å². The van der Waals surface area contributed by atoms with Gasteiger partial charge in [0.15, 0.2) is 0 Å². The smallest absolute Gasteiger partial charge is 0.324 e. The molecular weight excluding hydrogens is 444 g/mol. The molecule has 0 bridgehead atoms. The normalized spacial score (nSPS) is 17.7. The SMILES string of the molecule is C[C@@H](NS(=O)(=O)CCCCCN1CC(=O)NC1=O)c1ccc(C(F)F)c(OCC2CC2)c1. The van der Waals surface area contributed by atoms with Crippen LogP contribution in [0.4, 0.5) is 13.6 Å². The molecule has 1 atom stereocenters. The number of amides is 3. The first-order valence-corrected chi connectivity index (χ1v) is 12.4. The van der Waals surface area contributed by atoms with E-state index < -0.39 is 28.5 Å². The van der Waals surface area contributed by atoms with Crippen LogP contribution in [0.25, 0.3) is 0 Å². The number of hydrogen-bond acceptors (Lipinski definition) is 5. The summed E-state index contributed by atoms with van der Waals surface area (Å²) in [7, 11) is -3.59. The zero-order valence-electron chi connectivity index (χ0n) is 18.0. The van der Waals surface area contributed by atoms with E-state index in [2.05, 4.69) is 10.0 Å². The van der Waals surface area contributed by atoms with E-state index in [1.54, 1.807) is 6.92 Å². The van der Waals surface area contributed by atoms with Crippen molar-refractivity contribution in [3.05, 3.63) is 29.3 Å². The van der Waals surface area contributed by atoms with Crippen LogP contribution in [-0.4, -0.2) is 50.7 Å². The Bertz CT molecular complexity index is 937. The number of sulfonamides is 1. The number of carbonyl (C=O) groups excluding carboxylic acids is 2. The van der Waals surface area contributed by atoms with Gasteiger partial charge in [-0.3, -0.25) is 10.1 Å². The minimum atomic E-state index is -3.59. The molecule has 32 heavy (non-hydrogen) atoms. The molecule has 1 heterocycles. The van der Waals surface area contributed by atoms with Gasteiger partial charge in [-0.05, 0) is 56.2 Å². The predicted molar refractivity (Wildman–Crippen MR) is 114 cm³/mol. The van der Waals surface area contributed by atoms with E-state index in [1.165, 1.54) is 23.1 Å². The minimum absolute atomic E-state index is 0.0346. The van der Waals surface area contributed by atoms with Crippen LogP contribution in [0.2, 0.25) is 0 Å². The fourth-order valence-electron chi connectivity index (χ4n) is 3.45. The topological polar surface area (TPSA) is 105 Å². The number of carbonyl (C=O) groups is 2. The second kappa shape index (κ2) is 10.6. The van der Waals surface area contributed by atoms with Gasteiger partial charge >= 0.3 is 6.03 Å². The number of halogens is 2. The monoisotopic (exact) mass is 473 g/mol. The number of alkyl halides is 2. The van der Waals surface area contributed by atoms with E-state index in [1.807, 2.05) is 0 Å². The van der Waals surface area contributed by atoms with Gasteiger partial charge in [0.1, 0.15) is 12.3 Å². The Morgan fingerprint density at radius 3 is 2.59 bits per heavy atom. The molecule has 8 nitrogen and oxygen atoms in total. The van der Waals surface area contributed by atoms with Gasteiger partial charge in [-0.15, -0.1) is 0 Å². The highest BCUT2D eigenvalue weighted by Crippen LogP contribution is 2.35. The van der Waals surface area contributed by atoms with E-state index in [0.717, 1.165) is 12.8 Å². The van der Waals surface area contributed by atoms with Crippen LogP contribution in [0, 0.1) is 5.92 Å². The summed E-state index contributed by atoms with van der Waals surface area (Å²) in [6.07, 6.45) is 0.950. The lowest BCUT2D eigenvalue weighted by atomic mass is 10.1. The zero-order chi connectivity index (χ0) is 23.3. The molecule has 1 aliphatic carbocycles. The predicted octanol–water partition coefficient (Wildman–Crippen LogP) is 3.12. The van der Waals surface area contributed by atoms with Crippen LogP contribution in [0.15, 0.2) is 18.2 Å². The molecule has 2 aliphatic rings. The van der Waals surface area contributed by atoms with Gasteiger partial charge in [-0.1, -0.05) is 12.5 Å². The maximum Gasteiger partial charge on any atom is 0.324 e. The summed E-state index contributed by atoms with van der Waals surface area (Å²) < 4.78 is 59.6. The molecule has 178 valence electrons. The Morgan fingerprint density at radius 1 is 1.22 bits per heavy atom. The Kier molecular flexibility index (Phi) is 8.05. The minimum Gasteiger partial charge on any atom is -0.493 e. The molecule has 1 saturated carbocycles. The molecule has 0 radical (unpaired) electrons. The molecule has 1 aliphatic heterocycles. The van der Waals surface area contributed by atoms with Gasteiger partial charge in [0.05, 0.1) is 17.9 Å². The molecule has 0 spiro atoms. The quantitative estimate of drug-likeness (QED) is 0.338. The largest absolute Gasteiger partial charge is 0.493 e. The average molecular weight is 474 g/mol. The Labute approximate surface area is 186 Å². The first kappa shape index (κ1) is 24.4. The number of benzene rings is 1. The summed E-state index contributed by atoms with van der Waals surface area (Å²) in [6, 6.07) is 3.23. The summed E-state index contributed by atoms with van der Waals surface area (Å²) in [5.41, 5.74) is 0.353. The average Bonchev–Trinajstić information content (AvgIpc) is 3.49. The lowest BCUT2D eigenvalue weighted by molar-refractivity contribution is -0.118. The van der Waals surface area contributed by atoms with E-state index in [4.69, 9.17) is 4.74 Å². The van der Waals surface area contributed by atoms with Crippen molar-refractivity contribution in [2.75, 3.05) is 25.4 Å². The fourth-order valence-corrected chi connectivity index (χ4v) is 4.83. The van der Waals surface area contributed by atoms with Gasteiger partial charge < -0.3 is 9.64 Å². The third-order valence-electron chi connectivity index (χ3n) is 5.51. The third-order valence-corrected chi connectivity index (χ3v) is 7.05. The second-order valence-electron chi connectivity index (χ2n) is 8.35. The van der Waals surface area contributed by atoms with E-state index >= 15 is 0 Å². The number of imide groups is 1. The molecule has 1 aromatic rings. The zero-order valence-corrected chi connectivity index (χ0v) is 18.8. The molecule has 0 aromatic heterocycles. The van der Waals surface area contributed by atoms with Crippen LogP contribution in [-0.2, 0) is 14.8 Å². The van der Waals surface area contributed by atoms with Crippen molar-refractivity contribution in [2.45, 2.75) is 51.5 Å². The van der Waals surface area contributed by atoms with Gasteiger partial charge in [0, 0.05) is 12.6 Å². The Hall–Kier alpha value is -2.27. The highest BCUT2D eigenvalue weighted by atomic mass is 32.2. The Balaban J connectivity index is 1.47.